The lowest BCUT2D eigenvalue weighted by Gasteiger charge is -2.12. The van der Waals surface area contributed by atoms with Crippen molar-refractivity contribution in [3.8, 4) is 10.6 Å². The van der Waals surface area contributed by atoms with Crippen LogP contribution in [0.1, 0.15) is 33.4 Å². The lowest BCUT2D eigenvalue weighted by Crippen LogP contribution is -2.23. The number of sulfone groups is 1. The van der Waals surface area contributed by atoms with Gasteiger partial charge in [-0.2, -0.15) is 5.10 Å². The minimum atomic E-state index is -3.08. The summed E-state index contributed by atoms with van der Waals surface area (Å²) in [6, 6.07) is 9.37. The summed E-state index contributed by atoms with van der Waals surface area (Å²) in [6.45, 7) is 2.29. The molecule has 7 nitrogen and oxygen atoms in total. The van der Waals surface area contributed by atoms with Crippen molar-refractivity contribution in [1.29, 1.82) is 0 Å². The zero-order valence-corrected chi connectivity index (χ0v) is 19.2. The Labute approximate surface area is 187 Å². The number of nitrogens with one attached hydrogen (secondary N) is 1. The van der Waals surface area contributed by atoms with Gasteiger partial charge in [0.05, 0.1) is 51.3 Å². The predicted molar refractivity (Wildman–Crippen MR) is 123 cm³/mol. The second kappa shape index (κ2) is 7.85. The number of thiophene rings is 2. The van der Waals surface area contributed by atoms with Crippen LogP contribution in [0.5, 0.6) is 0 Å². The molecule has 0 saturated carbocycles. The Bertz CT molecular complexity index is 1360. The topological polar surface area (TPSA) is 93.9 Å². The van der Waals surface area contributed by atoms with Crippen LogP contribution >= 0.6 is 22.7 Å². The van der Waals surface area contributed by atoms with Crippen LogP contribution in [0, 0.1) is 6.92 Å². The van der Waals surface area contributed by atoms with Gasteiger partial charge >= 0.3 is 0 Å². The van der Waals surface area contributed by atoms with Crippen molar-refractivity contribution in [2.45, 2.75) is 25.9 Å². The third-order valence-corrected chi connectivity index (χ3v) is 8.93. The third-order valence-electron chi connectivity index (χ3n) is 5.41. The van der Waals surface area contributed by atoms with Gasteiger partial charge in [-0.15, -0.1) is 22.7 Å². The number of hydrogen-bond acceptors (Lipinski definition) is 7. The Hall–Kier alpha value is -2.56. The molecule has 0 spiro atoms. The summed E-state index contributed by atoms with van der Waals surface area (Å²) < 4.78 is 25.8. The molecule has 1 N–H and O–H groups in total. The molecule has 1 atom stereocenters. The molecule has 1 aliphatic heterocycles. The van der Waals surface area contributed by atoms with E-state index in [1.54, 1.807) is 27.4 Å². The highest BCUT2D eigenvalue weighted by Crippen LogP contribution is 2.33. The smallest absolute Gasteiger partial charge is 0.252 e. The molecule has 5 rings (SSSR count). The van der Waals surface area contributed by atoms with E-state index in [0.717, 1.165) is 9.75 Å². The number of carbonyl (C=O) groups excluding carboxylic acids is 1. The number of carbonyl (C=O) groups is 1. The van der Waals surface area contributed by atoms with Crippen LogP contribution in [0.25, 0.3) is 21.6 Å². The Morgan fingerprint density at radius 2 is 2.06 bits per heavy atom. The van der Waals surface area contributed by atoms with Crippen LogP contribution in [-0.2, 0) is 16.4 Å². The molecular formula is C21H20N4O3S3. The number of aromatic nitrogens is 3. The van der Waals surface area contributed by atoms with Crippen LogP contribution < -0.4 is 5.32 Å². The van der Waals surface area contributed by atoms with E-state index in [0.29, 0.717) is 41.0 Å². The van der Waals surface area contributed by atoms with Crippen molar-refractivity contribution in [2.75, 3.05) is 11.5 Å². The Morgan fingerprint density at radius 1 is 1.26 bits per heavy atom. The van der Waals surface area contributed by atoms with Crippen LogP contribution in [0.15, 0.2) is 41.1 Å². The van der Waals surface area contributed by atoms with E-state index in [1.165, 1.54) is 0 Å². The van der Waals surface area contributed by atoms with Crippen LogP contribution in [-0.4, -0.2) is 40.6 Å². The van der Waals surface area contributed by atoms with Crippen molar-refractivity contribution in [3.05, 3.63) is 57.2 Å². The van der Waals surface area contributed by atoms with E-state index < -0.39 is 9.84 Å². The van der Waals surface area contributed by atoms with Crippen molar-refractivity contribution in [1.82, 2.24) is 20.1 Å². The second-order valence-electron chi connectivity index (χ2n) is 7.58. The van der Waals surface area contributed by atoms with E-state index in [2.05, 4.69) is 10.4 Å². The number of fused-ring (bicyclic) bond motifs is 1. The van der Waals surface area contributed by atoms with Crippen LogP contribution in [0.3, 0.4) is 0 Å². The average molecular weight is 473 g/mol. The van der Waals surface area contributed by atoms with E-state index in [1.807, 2.05) is 48.0 Å². The molecule has 31 heavy (non-hydrogen) atoms. The second-order valence-corrected chi connectivity index (χ2v) is 11.8. The van der Waals surface area contributed by atoms with Gasteiger partial charge in [-0.1, -0.05) is 12.1 Å². The molecule has 4 aromatic rings. The average Bonchev–Trinajstić information content (AvgIpc) is 3.53. The quantitative estimate of drug-likeness (QED) is 0.477. The first-order valence-corrected chi connectivity index (χ1v) is 13.4. The minimum Gasteiger partial charge on any atom is -0.347 e. The standard InChI is InChI=1S/C21H20N4O3S3/c1-13-19-16(21(26)22-11-15-4-2-7-29-15)10-17(18-5-3-8-30-18)23-20(19)25(24-13)14-6-9-31(27,28)12-14/h2-5,7-8,10,14H,6,9,11-12H2,1H3,(H,22,26)/t14-/m0/s1. The monoisotopic (exact) mass is 472 g/mol. The molecule has 10 heteroatoms. The summed E-state index contributed by atoms with van der Waals surface area (Å²) in [7, 11) is -3.08. The molecule has 0 bridgehead atoms. The molecular weight excluding hydrogens is 452 g/mol. The van der Waals surface area contributed by atoms with Crippen LogP contribution in [0.4, 0.5) is 0 Å². The van der Waals surface area contributed by atoms with Crippen molar-refractivity contribution < 1.29 is 13.2 Å². The summed E-state index contributed by atoms with van der Waals surface area (Å²) in [6.07, 6.45) is 0.503. The summed E-state index contributed by atoms with van der Waals surface area (Å²) >= 11 is 3.13. The minimum absolute atomic E-state index is 0.0496. The molecule has 1 aliphatic rings. The third kappa shape index (κ3) is 3.90. The molecule has 160 valence electrons. The summed E-state index contributed by atoms with van der Waals surface area (Å²) in [5.74, 6) is 0.00512. The number of hydrogen-bond donors (Lipinski definition) is 1. The van der Waals surface area contributed by atoms with E-state index >= 15 is 0 Å². The fourth-order valence-electron chi connectivity index (χ4n) is 3.94. The molecule has 1 saturated heterocycles. The van der Waals surface area contributed by atoms with Gasteiger partial charge in [-0.05, 0) is 42.3 Å². The number of rotatable bonds is 5. The molecule has 0 radical (unpaired) electrons. The van der Waals surface area contributed by atoms with E-state index in [-0.39, 0.29) is 23.5 Å². The number of aryl methyl sites for hydroxylation is 1. The SMILES string of the molecule is Cc1nn([C@H]2CCS(=O)(=O)C2)c2nc(-c3cccs3)cc(C(=O)NCc3cccs3)c12. The lowest BCUT2D eigenvalue weighted by molar-refractivity contribution is 0.0953. The van der Waals surface area contributed by atoms with Crippen molar-refractivity contribution >= 4 is 49.5 Å². The highest BCUT2D eigenvalue weighted by atomic mass is 32.2. The lowest BCUT2D eigenvalue weighted by atomic mass is 10.1. The molecule has 1 amide bonds. The predicted octanol–water partition coefficient (Wildman–Crippen LogP) is 3.82. The highest BCUT2D eigenvalue weighted by Gasteiger charge is 2.32. The molecule has 4 aromatic heterocycles. The van der Waals surface area contributed by atoms with Gasteiger partial charge in [0.1, 0.15) is 0 Å². The van der Waals surface area contributed by atoms with Crippen molar-refractivity contribution in [2.24, 2.45) is 0 Å². The molecule has 5 heterocycles. The number of amides is 1. The summed E-state index contributed by atoms with van der Waals surface area (Å²) in [5, 5.41) is 12.2. The van der Waals surface area contributed by atoms with Gasteiger partial charge in [0.15, 0.2) is 15.5 Å². The zero-order valence-electron chi connectivity index (χ0n) is 16.7. The largest absolute Gasteiger partial charge is 0.347 e. The first-order valence-electron chi connectivity index (χ1n) is 9.86. The first kappa shape index (κ1) is 20.3. The maximum absolute atomic E-state index is 13.2. The van der Waals surface area contributed by atoms with Gasteiger partial charge in [-0.3, -0.25) is 4.79 Å². The molecule has 1 fully saturated rings. The maximum Gasteiger partial charge on any atom is 0.252 e. The van der Waals surface area contributed by atoms with Gasteiger partial charge < -0.3 is 5.32 Å². The maximum atomic E-state index is 13.2. The van der Waals surface area contributed by atoms with E-state index in [4.69, 9.17) is 4.98 Å². The molecule has 0 unspecified atom stereocenters. The molecule has 0 aromatic carbocycles. The Balaban J connectivity index is 1.62. The van der Waals surface area contributed by atoms with Gasteiger partial charge in [0.2, 0.25) is 0 Å². The van der Waals surface area contributed by atoms with E-state index in [9.17, 15) is 13.2 Å². The fourth-order valence-corrected chi connectivity index (χ4v) is 6.96. The number of nitrogens with zero attached hydrogens (tertiary/aromatic N) is 3. The fraction of sp³-hybridized carbons (Fsp3) is 0.286. The Morgan fingerprint density at radius 3 is 2.74 bits per heavy atom. The van der Waals surface area contributed by atoms with Gasteiger partial charge in [0, 0.05) is 4.88 Å². The van der Waals surface area contributed by atoms with Gasteiger partial charge in [0.25, 0.3) is 5.91 Å². The highest BCUT2D eigenvalue weighted by molar-refractivity contribution is 7.91. The van der Waals surface area contributed by atoms with Crippen LogP contribution in [0.2, 0.25) is 0 Å². The first-order chi connectivity index (χ1) is 14.9. The zero-order chi connectivity index (χ0) is 21.6. The molecule has 0 aliphatic carbocycles. The van der Waals surface area contributed by atoms with Gasteiger partial charge in [-0.25, -0.2) is 18.1 Å². The normalized spacial score (nSPS) is 17.9. The summed E-state index contributed by atoms with van der Waals surface area (Å²) in [4.78, 5) is 20.0. The number of pyridine rings is 1. The summed E-state index contributed by atoms with van der Waals surface area (Å²) in [5.41, 5.74) is 2.43. The van der Waals surface area contributed by atoms with Crippen molar-refractivity contribution in [3.63, 3.8) is 0 Å². The Kier molecular flexibility index (Phi) is 5.15.